The van der Waals surface area contributed by atoms with Gasteiger partial charge in [0.25, 0.3) is 0 Å². The molecule has 2 heteroatoms. The molecule has 1 unspecified atom stereocenters. The van der Waals surface area contributed by atoms with Crippen molar-refractivity contribution in [1.29, 1.82) is 0 Å². The lowest BCUT2D eigenvalue weighted by molar-refractivity contribution is 0.215. The summed E-state index contributed by atoms with van der Waals surface area (Å²) in [7, 11) is 0. The van der Waals surface area contributed by atoms with Gasteiger partial charge in [-0.15, -0.1) is 0 Å². The molecule has 0 radical (unpaired) electrons. The number of aryl methyl sites for hydroxylation is 3. The highest BCUT2D eigenvalue weighted by Crippen LogP contribution is 2.25. The minimum Gasteiger partial charge on any atom is -0.382 e. The molecule has 1 aliphatic rings. The Morgan fingerprint density at radius 2 is 1.70 bits per heavy atom. The van der Waals surface area contributed by atoms with E-state index >= 15 is 0 Å². The molecule has 2 aromatic rings. The highest BCUT2D eigenvalue weighted by Gasteiger charge is 2.15. The second-order valence-corrected chi connectivity index (χ2v) is 5.72. The molecule has 104 valence electrons. The van der Waals surface area contributed by atoms with E-state index in [1.165, 1.54) is 36.1 Å². The lowest BCUT2D eigenvalue weighted by Crippen LogP contribution is -2.06. The minimum absolute atomic E-state index is 0.621. The second-order valence-electron chi connectivity index (χ2n) is 5.72. The number of pyridine rings is 1. The van der Waals surface area contributed by atoms with Crippen LogP contribution in [0.4, 0.5) is 0 Å². The zero-order valence-electron chi connectivity index (χ0n) is 12.0. The van der Waals surface area contributed by atoms with Crippen LogP contribution in [0.1, 0.15) is 53.4 Å². The zero-order valence-corrected chi connectivity index (χ0v) is 12.0. The first-order chi connectivity index (χ1) is 9.74. The lowest BCUT2D eigenvalue weighted by atomic mass is 10.0. The summed E-state index contributed by atoms with van der Waals surface area (Å²) in [6, 6.07) is 12.2. The standard InChI is InChI=1S/C18H21NO/c1-13-7-9-15(10-8-13)18(20)17-12-11-14-5-3-2-4-6-16(14)19-17/h7-12,18,20H,2-6H2,1H3. The number of aliphatic hydroxyl groups excluding tert-OH is 1. The molecule has 0 saturated carbocycles. The predicted octanol–water partition coefficient (Wildman–Crippen LogP) is 3.74. The normalized spacial score (nSPS) is 16.3. The van der Waals surface area contributed by atoms with E-state index in [1.54, 1.807) is 0 Å². The highest BCUT2D eigenvalue weighted by atomic mass is 16.3. The fourth-order valence-electron chi connectivity index (χ4n) is 2.85. The lowest BCUT2D eigenvalue weighted by Gasteiger charge is -2.13. The number of aliphatic hydroxyl groups is 1. The van der Waals surface area contributed by atoms with E-state index in [9.17, 15) is 5.11 Å². The average Bonchev–Trinajstić information content (AvgIpc) is 2.71. The van der Waals surface area contributed by atoms with Crippen LogP contribution in [0.3, 0.4) is 0 Å². The number of aromatic nitrogens is 1. The molecule has 1 N–H and O–H groups in total. The van der Waals surface area contributed by atoms with Crippen LogP contribution >= 0.6 is 0 Å². The van der Waals surface area contributed by atoms with E-state index in [1.807, 2.05) is 30.3 Å². The summed E-state index contributed by atoms with van der Waals surface area (Å²) in [6.45, 7) is 2.05. The van der Waals surface area contributed by atoms with Gasteiger partial charge in [0, 0.05) is 5.69 Å². The maximum Gasteiger partial charge on any atom is 0.121 e. The first-order valence-corrected chi connectivity index (χ1v) is 7.47. The molecular weight excluding hydrogens is 246 g/mol. The van der Waals surface area contributed by atoms with Crippen LogP contribution in [-0.4, -0.2) is 10.1 Å². The van der Waals surface area contributed by atoms with Gasteiger partial charge in [-0.1, -0.05) is 42.3 Å². The molecule has 1 aliphatic carbocycles. The molecule has 0 aliphatic heterocycles. The van der Waals surface area contributed by atoms with Crippen molar-refractivity contribution in [2.75, 3.05) is 0 Å². The van der Waals surface area contributed by atoms with Crippen molar-refractivity contribution in [2.45, 2.75) is 45.1 Å². The third-order valence-electron chi connectivity index (χ3n) is 4.12. The molecule has 20 heavy (non-hydrogen) atoms. The summed E-state index contributed by atoms with van der Waals surface area (Å²) < 4.78 is 0. The van der Waals surface area contributed by atoms with Crippen molar-refractivity contribution in [3.63, 3.8) is 0 Å². The SMILES string of the molecule is Cc1ccc(C(O)c2ccc3c(n2)CCCCC3)cc1. The van der Waals surface area contributed by atoms with Crippen LogP contribution in [-0.2, 0) is 12.8 Å². The Balaban J connectivity index is 1.90. The molecule has 0 amide bonds. The molecule has 0 bridgehead atoms. The largest absolute Gasteiger partial charge is 0.382 e. The van der Waals surface area contributed by atoms with E-state index in [0.717, 1.165) is 24.1 Å². The van der Waals surface area contributed by atoms with Gasteiger partial charge in [-0.25, -0.2) is 0 Å². The van der Waals surface area contributed by atoms with Crippen molar-refractivity contribution >= 4 is 0 Å². The van der Waals surface area contributed by atoms with E-state index in [0.29, 0.717) is 0 Å². The maximum atomic E-state index is 10.5. The van der Waals surface area contributed by atoms with Crippen LogP contribution < -0.4 is 0 Å². The smallest absolute Gasteiger partial charge is 0.121 e. The first-order valence-electron chi connectivity index (χ1n) is 7.47. The molecule has 1 atom stereocenters. The number of rotatable bonds is 2. The maximum absolute atomic E-state index is 10.5. The van der Waals surface area contributed by atoms with Crippen molar-refractivity contribution in [1.82, 2.24) is 4.98 Å². The monoisotopic (exact) mass is 267 g/mol. The van der Waals surface area contributed by atoms with Crippen LogP contribution in [0.25, 0.3) is 0 Å². The average molecular weight is 267 g/mol. The van der Waals surface area contributed by atoms with E-state index in [-0.39, 0.29) is 0 Å². The molecule has 3 rings (SSSR count). The molecule has 0 saturated heterocycles. The van der Waals surface area contributed by atoms with Gasteiger partial charge in [0.05, 0.1) is 5.69 Å². The Morgan fingerprint density at radius 1 is 0.950 bits per heavy atom. The summed E-state index contributed by atoms with van der Waals surface area (Å²) in [5, 5.41) is 10.5. The Kier molecular flexibility index (Phi) is 3.83. The number of hydrogen-bond acceptors (Lipinski definition) is 2. The van der Waals surface area contributed by atoms with Gasteiger partial charge in [-0.2, -0.15) is 0 Å². The molecule has 0 spiro atoms. The van der Waals surface area contributed by atoms with Gasteiger partial charge < -0.3 is 5.11 Å². The van der Waals surface area contributed by atoms with Crippen molar-refractivity contribution in [3.05, 3.63) is 64.5 Å². The third kappa shape index (κ3) is 2.75. The minimum atomic E-state index is -0.621. The van der Waals surface area contributed by atoms with E-state index < -0.39 is 6.10 Å². The summed E-state index contributed by atoms with van der Waals surface area (Å²) in [6.07, 6.45) is 5.31. The third-order valence-corrected chi connectivity index (χ3v) is 4.12. The van der Waals surface area contributed by atoms with Crippen LogP contribution in [0.15, 0.2) is 36.4 Å². The summed E-state index contributed by atoms with van der Waals surface area (Å²) >= 11 is 0. The summed E-state index contributed by atoms with van der Waals surface area (Å²) in [5.74, 6) is 0. The quantitative estimate of drug-likeness (QED) is 0.841. The Labute approximate surface area is 120 Å². The first kappa shape index (κ1) is 13.3. The molecule has 0 fully saturated rings. The molecule has 2 nitrogen and oxygen atoms in total. The van der Waals surface area contributed by atoms with Gasteiger partial charge in [-0.3, -0.25) is 4.98 Å². The fraction of sp³-hybridized carbons (Fsp3) is 0.389. The van der Waals surface area contributed by atoms with Crippen LogP contribution in [0, 0.1) is 6.92 Å². The van der Waals surface area contributed by atoms with E-state index in [4.69, 9.17) is 4.98 Å². The van der Waals surface area contributed by atoms with Crippen LogP contribution in [0.5, 0.6) is 0 Å². The second kappa shape index (κ2) is 5.76. The van der Waals surface area contributed by atoms with Gasteiger partial charge >= 0.3 is 0 Å². The van der Waals surface area contributed by atoms with E-state index in [2.05, 4.69) is 13.0 Å². The van der Waals surface area contributed by atoms with Crippen molar-refractivity contribution in [3.8, 4) is 0 Å². The Morgan fingerprint density at radius 3 is 2.50 bits per heavy atom. The molecule has 1 heterocycles. The van der Waals surface area contributed by atoms with Crippen molar-refractivity contribution < 1.29 is 5.11 Å². The number of fused-ring (bicyclic) bond motifs is 1. The van der Waals surface area contributed by atoms with Gasteiger partial charge in [0.2, 0.25) is 0 Å². The predicted molar refractivity (Wildman–Crippen MR) is 80.7 cm³/mol. The summed E-state index contributed by atoms with van der Waals surface area (Å²) in [5.41, 5.74) is 5.44. The summed E-state index contributed by atoms with van der Waals surface area (Å²) in [4.78, 5) is 4.72. The number of hydrogen-bond donors (Lipinski definition) is 1. The molecular formula is C18H21NO. The molecule has 1 aromatic carbocycles. The topological polar surface area (TPSA) is 33.1 Å². The van der Waals surface area contributed by atoms with Gasteiger partial charge in [-0.05, 0) is 49.8 Å². The van der Waals surface area contributed by atoms with Crippen LogP contribution in [0.2, 0.25) is 0 Å². The Hall–Kier alpha value is -1.67. The van der Waals surface area contributed by atoms with Gasteiger partial charge in [0.1, 0.15) is 6.10 Å². The fourth-order valence-corrected chi connectivity index (χ4v) is 2.85. The zero-order chi connectivity index (χ0) is 13.9. The van der Waals surface area contributed by atoms with Crippen molar-refractivity contribution in [2.24, 2.45) is 0 Å². The number of benzene rings is 1. The number of nitrogens with zero attached hydrogens (tertiary/aromatic N) is 1. The molecule has 1 aromatic heterocycles. The van der Waals surface area contributed by atoms with Gasteiger partial charge in [0.15, 0.2) is 0 Å². The highest BCUT2D eigenvalue weighted by molar-refractivity contribution is 5.31. The Bertz CT molecular complexity index is 589.